The fraction of sp³-hybridized carbons (Fsp3) is 0.471. The van der Waals surface area contributed by atoms with E-state index >= 15 is 0 Å². The highest BCUT2D eigenvalue weighted by atomic mass is 35.5. The Balaban J connectivity index is 0.00000156. The number of nitrogens with two attached hydrogens (primary N) is 1. The Morgan fingerprint density at radius 3 is 2.83 bits per heavy atom. The lowest BCUT2D eigenvalue weighted by Gasteiger charge is -2.17. The number of halogens is 2. The first kappa shape index (κ1) is 16.6. The molecule has 3 unspecified atom stereocenters. The molecule has 1 aliphatic heterocycles. The number of furan rings is 1. The van der Waals surface area contributed by atoms with Gasteiger partial charge in [-0.1, -0.05) is 23.7 Å². The molecule has 1 saturated heterocycles. The van der Waals surface area contributed by atoms with E-state index in [1.165, 1.54) is 0 Å². The molecule has 4 nitrogen and oxygen atoms in total. The molecule has 2 aromatic rings. The fourth-order valence-electron chi connectivity index (χ4n) is 4.03. The lowest BCUT2D eigenvalue weighted by molar-refractivity contribution is 0.0749. The molecule has 2 fully saturated rings. The molecule has 0 bridgehead atoms. The van der Waals surface area contributed by atoms with Gasteiger partial charge < -0.3 is 15.1 Å². The number of carbonyl (C=O) groups excluding carboxylic acids is 1. The Bertz CT molecular complexity index is 758. The summed E-state index contributed by atoms with van der Waals surface area (Å²) < 4.78 is 5.80. The van der Waals surface area contributed by atoms with Gasteiger partial charge in [-0.3, -0.25) is 4.79 Å². The number of fused-ring (bicyclic) bond motifs is 2. The first-order chi connectivity index (χ1) is 10.6. The summed E-state index contributed by atoms with van der Waals surface area (Å²) in [5.41, 5.74) is 7.62. The molecule has 124 valence electrons. The lowest BCUT2D eigenvalue weighted by Crippen LogP contribution is -2.33. The summed E-state index contributed by atoms with van der Waals surface area (Å²) in [4.78, 5) is 14.7. The largest absolute Gasteiger partial charge is 0.449 e. The summed E-state index contributed by atoms with van der Waals surface area (Å²) in [6.45, 7) is 3.45. The molecule has 4 rings (SSSR count). The number of hydrogen-bond donors (Lipinski definition) is 1. The molecule has 1 aromatic heterocycles. The van der Waals surface area contributed by atoms with Gasteiger partial charge in [0.1, 0.15) is 0 Å². The Morgan fingerprint density at radius 2 is 2.13 bits per heavy atom. The van der Waals surface area contributed by atoms with Crippen LogP contribution in [0.25, 0.3) is 11.0 Å². The molecule has 0 spiro atoms. The van der Waals surface area contributed by atoms with E-state index in [-0.39, 0.29) is 24.4 Å². The number of aryl methyl sites for hydroxylation is 1. The predicted octanol–water partition coefficient (Wildman–Crippen LogP) is 3.63. The molecule has 2 heterocycles. The smallest absolute Gasteiger partial charge is 0.289 e. The van der Waals surface area contributed by atoms with Gasteiger partial charge >= 0.3 is 0 Å². The Hall–Kier alpha value is -1.23. The van der Waals surface area contributed by atoms with Crippen LogP contribution in [0.5, 0.6) is 0 Å². The second kappa shape index (κ2) is 6.00. The lowest BCUT2D eigenvalue weighted by atomic mass is 9.98. The number of likely N-dealkylation sites (tertiary alicyclic amines) is 1. The number of nitrogens with zero attached hydrogens (tertiary/aromatic N) is 1. The van der Waals surface area contributed by atoms with E-state index in [0.29, 0.717) is 28.2 Å². The van der Waals surface area contributed by atoms with Crippen molar-refractivity contribution in [2.45, 2.75) is 25.8 Å². The average molecular weight is 355 g/mol. The summed E-state index contributed by atoms with van der Waals surface area (Å²) >= 11 is 6.17. The number of hydrogen-bond acceptors (Lipinski definition) is 3. The minimum Gasteiger partial charge on any atom is -0.449 e. The summed E-state index contributed by atoms with van der Waals surface area (Å²) in [6.07, 6.45) is 2.21. The van der Waals surface area contributed by atoms with Gasteiger partial charge in [-0.25, -0.2) is 0 Å². The summed E-state index contributed by atoms with van der Waals surface area (Å²) in [7, 11) is 0. The molecular weight excluding hydrogens is 335 g/mol. The third-order valence-corrected chi connectivity index (χ3v) is 5.61. The van der Waals surface area contributed by atoms with Crippen molar-refractivity contribution in [1.29, 1.82) is 0 Å². The number of benzene rings is 1. The number of rotatable bonds is 1. The van der Waals surface area contributed by atoms with Gasteiger partial charge in [-0.2, -0.15) is 0 Å². The molecule has 3 atom stereocenters. The van der Waals surface area contributed by atoms with Gasteiger partial charge in [0.25, 0.3) is 5.91 Å². The molecule has 0 radical (unpaired) electrons. The van der Waals surface area contributed by atoms with Crippen molar-refractivity contribution in [2.24, 2.45) is 17.6 Å². The van der Waals surface area contributed by atoms with E-state index in [2.05, 4.69) is 0 Å². The first-order valence-electron chi connectivity index (χ1n) is 7.78. The van der Waals surface area contributed by atoms with Gasteiger partial charge in [-0.05, 0) is 37.7 Å². The van der Waals surface area contributed by atoms with Crippen molar-refractivity contribution in [3.8, 4) is 0 Å². The highest BCUT2D eigenvalue weighted by molar-refractivity contribution is 6.35. The highest BCUT2D eigenvalue weighted by Gasteiger charge is 2.43. The molecule has 1 saturated carbocycles. The van der Waals surface area contributed by atoms with Crippen molar-refractivity contribution in [1.82, 2.24) is 4.90 Å². The Kier molecular flexibility index (Phi) is 4.34. The van der Waals surface area contributed by atoms with Crippen LogP contribution >= 0.6 is 24.0 Å². The van der Waals surface area contributed by atoms with E-state index in [0.717, 1.165) is 36.9 Å². The van der Waals surface area contributed by atoms with Crippen molar-refractivity contribution < 1.29 is 9.21 Å². The molecule has 1 aliphatic carbocycles. The number of para-hydroxylation sites is 1. The van der Waals surface area contributed by atoms with Crippen molar-refractivity contribution >= 4 is 40.9 Å². The van der Waals surface area contributed by atoms with Gasteiger partial charge in [-0.15, -0.1) is 12.4 Å². The maximum Gasteiger partial charge on any atom is 0.289 e. The molecule has 6 heteroatoms. The second-order valence-electron chi connectivity index (χ2n) is 6.55. The first-order valence-corrected chi connectivity index (χ1v) is 8.16. The van der Waals surface area contributed by atoms with E-state index < -0.39 is 0 Å². The van der Waals surface area contributed by atoms with E-state index in [9.17, 15) is 4.79 Å². The maximum atomic E-state index is 12.8. The van der Waals surface area contributed by atoms with Crippen molar-refractivity contribution in [3.63, 3.8) is 0 Å². The van der Waals surface area contributed by atoms with Gasteiger partial charge in [0.05, 0.1) is 5.02 Å². The molecule has 2 N–H and O–H groups in total. The molecule has 23 heavy (non-hydrogen) atoms. The Morgan fingerprint density at radius 1 is 1.35 bits per heavy atom. The maximum absolute atomic E-state index is 12.8. The standard InChI is InChI=1S/C17H19ClN2O2.ClH/c1-9-11-3-2-4-13(18)16(11)22-15(9)17(21)20-7-10-5-6-14(19)12(10)8-20;/h2-4,10,12,14H,5-8,19H2,1H3;1H. The number of amides is 1. The van der Waals surface area contributed by atoms with Crippen LogP contribution in [0, 0.1) is 18.8 Å². The SMILES string of the molecule is Cc1c(C(=O)N2CC3CCC(N)C3C2)oc2c(Cl)cccc12.Cl. The zero-order valence-corrected chi connectivity index (χ0v) is 14.5. The van der Waals surface area contributed by atoms with E-state index in [1.807, 2.05) is 24.0 Å². The van der Waals surface area contributed by atoms with Crippen LogP contribution < -0.4 is 5.73 Å². The minimum atomic E-state index is -0.0358. The van der Waals surface area contributed by atoms with Crippen molar-refractivity contribution in [3.05, 3.63) is 34.5 Å². The monoisotopic (exact) mass is 354 g/mol. The predicted molar refractivity (Wildman–Crippen MR) is 93.3 cm³/mol. The molecule has 1 amide bonds. The van der Waals surface area contributed by atoms with Gasteiger partial charge in [0.15, 0.2) is 11.3 Å². The topological polar surface area (TPSA) is 59.5 Å². The fourth-order valence-corrected chi connectivity index (χ4v) is 4.24. The second-order valence-corrected chi connectivity index (χ2v) is 6.96. The third kappa shape index (κ3) is 2.53. The zero-order chi connectivity index (χ0) is 15.4. The number of carbonyl (C=O) groups is 1. The van der Waals surface area contributed by atoms with Crippen LogP contribution in [-0.2, 0) is 0 Å². The molecule has 1 aromatic carbocycles. The summed E-state index contributed by atoms with van der Waals surface area (Å²) in [5, 5.41) is 1.45. The summed E-state index contributed by atoms with van der Waals surface area (Å²) in [6, 6.07) is 5.82. The van der Waals surface area contributed by atoms with E-state index in [1.54, 1.807) is 6.07 Å². The third-order valence-electron chi connectivity index (χ3n) is 5.31. The van der Waals surface area contributed by atoms with Crippen LogP contribution in [0.1, 0.15) is 29.0 Å². The van der Waals surface area contributed by atoms with Crippen LogP contribution in [0.3, 0.4) is 0 Å². The average Bonchev–Trinajstić information content (AvgIpc) is 3.16. The summed E-state index contributed by atoms with van der Waals surface area (Å²) in [5.74, 6) is 1.37. The van der Waals surface area contributed by atoms with E-state index in [4.69, 9.17) is 21.8 Å². The highest BCUT2D eigenvalue weighted by Crippen LogP contribution is 2.38. The van der Waals surface area contributed by atoms with Crippen LogP contribution in [0.15, 0.2) is 22.6 Å². The van der Waals surface area contributed by atoms with Crippen LogP contribution in [0.2, 0.25) is 5.02 Å². The molecular formula is C17H20Cl2N2O2. The zero-order valence-electron chi connectivity index (χ0n) is 12.9. The van der Waals surface area contributed by atoms with Crippen LogP contribution in [-0.4, -0.2) is 29.9 Å². The Labute approximate surface area is 146 Å². The normalized spacial score (nSPS) is 26.4. The van der Waals surface area contributed by atoms with Gasteiger partial charge in [0, 0.05) is 30.1 Å². The molecule has 2 aliphatic rings. The quantitative estimate of drug-likeness (QED) is 0.850. The van der Waals surface area contributed by atoms with Gasteiger partial charge in [0.2, 0.25) is 0 Å². The van der Waals surface area contributed by atoms with Crippen molar-refractivity contribution in [2.75, 3.05) is 13.1 Å². The van der Waals surface area contributed by atoms with Crippen LogP contribution in [0.4, 0.5) is 0 Å². The minimum absolute atomic E-state index is 0.